The molecule has 2 aromatic rings. The molecule has 1 heterocycles. The molecule has 0 amide bonds. The average molecular weight is 288 g/mol. The van der Waals surface area contributed by atoms with Crippen LogP contribution in [0.1, 0.15) is 25.3 Å². The zero-order valence-electron chi connectivity index (χ0n) is 13.0. The minimum absolute atomic E-state index is 0.721. The number of ether oxygens (including phenoxy) is 1. The Morgan fingerprint density at radius 3 is 2.81 bits per heavy atom. The molecule has 3 N–H and O–H groups in total. The molecular formula is C16H24N4O. The number of hydrogen-bond donors (Lipinski definition) is 2. The van der Waals surface area contributed by atoms with E-state index in [1.54, 1.807) is 7.11 Å². The van der Waals surface area contributed by atoms with Crippen molar-refractivity contribution in [3.8, 4) is 5.75 Å². The Balaban J connectivity index is 2.30. The number of anilines is 1. The highest BCUT2D eigenvalue weighted by Gasteiger charge is 2.09. The summed E-state index contributed by atoms with van der Waals surface area (Å²) in [6.45, 7) is 4.10. The number of hydrazine groups is 1. The summed E-state index contributed by atoms with van der Waals surface area (Å²) in [7, 11) is 3.77. The number of methoxy groups -OCH3 is 1. The highest BCUT2D eigenvalue weighted by molar-refractivity contribution is 5.83. The maximum atomic E-state index is 5.63. The minimum Gasteiger partial charge on any atom is -0.497 e. The molecule has 2 rings (SSSR count). The lowest BCUT2D eigenvalue weighted by Gasteiger charge is -2.18. The first-order chi connectivity index (χ1) is 10.2. The van der Waals surface area contributed by atoms with Crippen molar-refractivity contribution in [3.05, 3.63) is 29.8 Å². The predicted octanol–water partition coefficient (Wildman–Crippen LogP) is 2.76. The van der Waals surface area contributed by atoms with Gasteiger partial charge in [-0.25, -0.2) is 10.8 Å². The normalized spacial score (nSPS) is 11.1. The van der Waals surface area contributed by atoms with Crippen molar-refractivity contribution < 1.29 is 4.74 Å². The zero-order valence-corrected chi connectivity index (χ0v) is 13.0. The molecule has 5 heteroatoms. The summed E-state index contributed by atoms with van der Waals surface area (Å²) in [6, 6.07) is 8.03. The Labute approximate surface area is 126 Å². The van der Waals surface area contributed by atoms with Crippen molar-refractivity contribution in [3.63, 3.8) is 0 Å². The van der Waals surface area contributed by atoms with Crippen LogP contribution in [0.2, 0.25) is 0 Å². The molecule has 0 unspecified atom stereocenters. The van der Waals surface area contributed by atoms with Gasteiger partial charge >= 0.3 is 0 Å². The molecule has 1 aromatic carbocycles. The van der Waals surface area contributed by atoms with E-state index in [0.29, 0.717) is 0 Å². The van der Waals surface area contributed by atoms with Crippen LogP contribution in [0.4, 0.5) is 5.82 Å². The molecular weight excluding hydrogens is 264 g/mol. The molecule has 0 saturated heterocycles. The fourth-order valence-electron chi connectivity index (χ4n) is 2.36. The minimum atomic E-state index is 0.721. The summed E-state index contributed by atoms with van der Waals surface area (Å²) in [5, 5.41) is 1.09. The molecule has 0 aliphatic carbocycles. The number of nitrogens with two attached hydrogens (primary N) is 1. The van der Waals surface area contributed by atoms with Gasteiger partial charge in [0.1, 0.15) is 11.6 Å². The lowest BCUT2D eigenvalue weighted by Crippen LogP contribution is -2.21. The number of nitrogen functional groups attached to an aromatic ring is 1. The van der Waals surface area contributed by atoms with Crippen LogP contribution >= 0.6 is 0 Å². The lowest BCUT2D eigenvalue weighted by atomic mass is 10.1. The zero-order chi connectivity index (χ0) is 15.2. The first kappa shape index (κ1) is 15.5. The van der Waals surface area contributed by atoms with Gasteiger partial charge in [-0.1, -0.05) is 13.3 Å². The van der Waals surface area contributed by atoms with Gasteiger partial charge < -0.3 is 15.1 Å². The van der Waals surface area contributed by atoms with Crippen LogP contribution in [0.25, 0.3) is 10.9 Å². The van der Waals surface area contributed by atoms with Crippen LogP contribution in [0.3, 0.4) is 0 Å². The van der Waals surface area contributed by atoms with Gasteiger partial charge in [0.2, 0.25) is 0 Å². The van der Waals surface area contributed by atoms with E-state index in [9.17, 15) is 0 Å². The van der Waals surface area contributed by atoms with Gasteiger partial charge in [0.15, 0.2) is 0 Å². The molecule has 0 atom stereocenters. The summed E-state index contributed by atoms with van der Waals surface area (Å²) in [6.07, 6.45) is 2.39. The number of benzene rings is 1. The molecule has 114 valence electrons. The van der Waals surface area contributed by atoms with Gasteiger partial charge in [-0.2, -0.15) is 0 Å². The molecule has 0 spiro atoms. The summed E-state index contributed by atoms with van der Waals surface area (Å²) in [5.74, 6) is 7.14. The van der Waals surface area contributed by atoms with Crippen molar-refractivity contribution in [1.82, 2.24) is 9.88 Å². The number of nitrogens with one attached hydrogen (secondary N) is 1. The van der Waals surface area contributed by atoms with E-state index < -0.39 is 0 Å². The van der Waals surface area contributed by atoms with Crippen LogP contribution in [0, 0.1) is 0 Å². The van der Waals surface area contributed by atoms with Gasteiger partial charge in [0.05, 0.1) is 12.6 Å². The predicted molar refractivity (Wildman–Crippen MR) is 87.3 cm³/mol. The number of aromatic nitrogens is 1. The fourth-order valence-corrected chi connectivity index (χ4v) is 2.36. The standard InChI is InChI=1S/C16H24N4O/c1-4-5-8-20(2)11-13-9-12-6-7-14(21-3)10-15(12)18-16(13)19-17/h6-7,9-10H,4-5,8,11,17H2,1-3H3,(H,18,19). The van der Waals surface area contributed by atoms with E-state index >= 15 is 0 Å². The first-order valence-corrected chi connectivity index (χ1v) is 7.30. The van der Waals surface area contributed by atoms with E-state index in [-0.39, 0.29) is 0 Å². The van der Waals surface area contributed by atoms with E-state index in [2.05, 4.69) is 35.3 Å². The number of hydrogen-bond acceptors (Lipinski definition) is 5. The topological polar surface area (TPSA) is 63.4 Å². The average Bonchev–Trinajstić information content (AvgIpc) is 2.51. The molecule has 0 aliphatic rings. The molecule has 0 radical (unpaired) electrons. The lowest BCUT2D eigenvalue weighted by molar-refractivity contribution is 0.321. The number of unbranched alkanes of at least 4 members (excludes halogenated alkanes) is 1. The monoisotopic (exact) mass is 288 g/mol. The number of rotatable bonds is 7. The molecule has 5 nitrogen and oxygen atoms in total. The van der Waals surface area contributed by atoms with Gasteiger partial charge in [-0.05, 0) is 38.2 Å². The third-order valence-corrected chi connectivity index (χ3v) is 3.57. The summed E-state index contributed by atoms with van der Waals surface area (Å²) in [4.78, 5) is 6.88. The summed E-state index contributed by atoms with van der Waals surface area (Å²) < 4.78 is 5.23. The second kappa shape index (κ2) is 7.24. The van der Waals surface area contributed by atoms with Gasteiger partial charge in [-0.3, -0.25) is 0 Å². The summed E-state index contributed by atoms with van der Waals surface area (Å²) >= 11 is 0. The molecule has 0 fully saturated rings. The molecule has 0 aliphatic heterocycles. The van der Waals surface area contributed by atoms with E-state index in [1.165, 1.54) is 12.8 Å². The second-order valence-corrected chi connectivity index (χ2v) is 5.29. The Hall–Kier alpha value is -1.85. The van der Waals surface area contributed by atoms with Crippen molar-refractivity contribution in [2.24, 2.45) is 5.84 Å². The SMILES string of the molecule is CCCCN(C)Cc1cc2ccc(OC)cc2nc1NN. The van der Waals surface area contributed by atoms with Gasteiger partial charge in [0, 0.05) is 23.6 Å². The third kappa shape index (κ3) is 3.83. The molecule has 21 heavy (non-hydrogen) atoms. The van der Waals surface area contributed by atoms with Crippen LogP contribution < -0.4 is 16.0 Å². The Kier molecular flexibility index (Phi) is 5.36. The van der Waals surface area contributed by atoms with Crippen LogP contribution in [-0.2, 0) is 6.54 Å². The van der Waals surface area contributed by atoms with Crippen molar-refractivity contribution in [2.45, 2.75) is 26.3 Å². The maximum Gasteiger partial charge on any atom is 0.145 e. The molecule has 0 saturated carbocycles. The summed E-state index contributed by atoms with van der Waals surface area (Å²) in [5.41, 5.74) is 4.69. The molecule has 0 bridgehead atoms. The third-order valence-electron chi connectivity index (χ3n) is 3.57. The van der Waals surface area contributed by atoms with Crippen molar-refractivity contribution >= 4 is 16.7 Å². The van der Waals surface area contributed by atoms with E-state index in [0.717, 1.165) is 41.1 Å². The second-order valence-electron chi connectivity index (χ2n) is 5.29. The number of fused-ring (bicyclic) bond motifs is 1. The Morgan fingerprint density at radius 2 is 2.14 bits per heavy atom. The van der Waals surface area contributed by atoms with E-state index in [4.69, 9.17) is 10.6 Å². The Morgan fingerprint density at radius 1 is 1.33 bits per heavy atom. The number of nitrogens with zero attached hydrogens (tertiary/aromatic N) is 2. The van der Waals surface area contributed by atoms with Gasteiger partial charge in [0.25, 0.3) is 0 Å². The number of pyridine rings is 1. The van der Waals surface area contributed by atoms with E-state index in [1.807, 2.05) is 18.2 Å². The van der Waals surface area contributed by atoms with Crippen LogP contribution in [0.5, 0.6) is 5.75 Å². The van der Waals surface area contributed by atoms with Gasteiger partial charge in [-0.15, -0.1) is 0 Å². The quantitative estimate of drug-likeness (QED) is 0.606. The smallest absolute Gasteiger partial charge is 0.145 e. The molecule has 1 aromatic heterocycles. The highest BCUT2D eigenvalue weighted by atomic mass is 16.5. The van der Waals surface area contributed by atoms with Crippen LogP contribution in [0.15, 0.2) is 24.3 Å². The Bertz CT molecular complexity index is 600. The maximum absolute atomic E-state index is 5.63. The first-order valence-electron chi connectivity index (χ1n) is 7.30. The fraction of sp³-hybridized carbons (Fsp3) is 0.438. The van der Waals surface area contributed by atoms with Crippen molar-refractivity contribution in [2.75, 3.05) is 26.1 Å². The van der Waals surface area contributed by atoms with Crippen molar-refractivity contribution in [1.29, 1.82) is 0 Å². The highest BCUT2D eigenvalue weighted by Crippen LogP contribution is 2.24. The largest absolute Gasteiger partial charge is 0.497 e. The van der Waals surface area contributed by atoms with Crippen LogP contribution in [-0.4, -0.2) is 30.6 Å².